The summed E-state index contributed by atoms with van der Waals surface area (Å²) in [6.45, 7) is 2.73. The van der Waals surface area contributed by atoms with E-state index in [0.29, 0.717) is 23.5 Å². The van der Waals surface area contributed by atoms with Crippen molar-refractivity contribution in [2.75, 3.05) is 33.0 Å². The van der Waals surface area contributed by atoms with Crippen LogP contribution in [0.5, 0.6) is 5.75 Å². The Hall–Kier alpha value is -3.16. The van der Waals surface area contributed by atoms with Crippen LogP contribution in [0.2, 0.25) is 0 Å². The number of benzene rings is 2. The summed E-state index contributed by atoms with van der Waals surface area (Å²) >= 11 is 0. The molecule has 158 valence electrons. The first kappa shape index (κ1) is 21.5. The van der Waals surface area contributed by atoms with Gasteiger partial charge in [0.05, 0.1) is 38.0 Å². The van der Waals surface area contributed by atoms with Crippen LogP contribution in [0.4, 0.5) is 0 Å². The molecule has 0 aromatic heterocycles. The van der Waals surface area contributed by atoms with Crippen LogP contribution in [0.15, 0.2) is 60.2 Å². The van der Waals surface area contributed by atoms with Gasteiger partial charge in [-0.2, -0.15) is 0 Å². The molecule has 2 aromatic rings. The predicted molar refractivity (Wildman–Crippen MR) is 111 cm³/mol. The van der Waals surface area contributed by atoms with E-state index in [1.54, 1.807) is 24.3 Å². The van der Waals surface area contributed by atoms with E-state index in [4.69, 9.17) is 14.6 Å². The zero-order valence-electron chi connectivity index (χ0n) is 16.8. The summed E-state index contributed by atoms with van der Waals surface area (Å²) in [6.07, 6.45) is 0. The van der Waals surface area contributed by atoms with E-state index < -0.39 is 17.7 Å². The highest BCUT2D eigenvalue weighted by molar-refractivity contribution is 6.46. The first-order chi connectivity index (χ1) is 14.6. The number of carbonyl (C=O) groups excluding carboxylic acids is 2. The lowest BCUT2D eigenvalue weighted by Crippen LogP contribution is -2.33. The van der Waals surface area contributed by atoms with Gasteiger partial charge in [-0.3, -0.25) is 9.59 Å². The zero-order chi connectivity index (χ0) is 21.5. The van der Waals surface area contributed by atoms with Crippen LogP contribution in [-0.2, 0) is 14.3 Å². The fourth-order valence-electron chi connectivity index (χ4n) is 3.45. The quantitative estimate of drug-likeness (QED) is 0.285. The van der Waals surface area contributed by atoms with Crippen LogP contribution in [0.1, 0.15) is 24.1 Å². The van der Waals surface area contributed by atoms with Gasteiger partial charge in [0.2, 0.25) is 0 Å². The molecule has 0 spiro atoms. The Kier molecular flexibility index (Phi) is 7.21. The average molecular weight is 411 g/mol. The van der Waals surface area contributed by atoms with Crippen LogP contribution in [0.3, 0.4) is 0 Å². The molecule has 1 aliphatic rings. The molecule has 0 radical (unpaired) electrons. The molecule has 1 saturated heterocycles. The minimum absolute atomic E-state index is 0.0394. The molecule has 1 atom stereocenters. The van der Waals surface area contributed by atoms with E-state index in [-0.39, 0.29) is 37.7 Å². The summed E-state index contributed by atoms with van der Waals surface area (Å²) < 4.78 is 10.7. The molecule has 1 fully saturated rings. The molecule has 0 unspecified atom stereocenters. The minimum Gasteiger partial charge on any atom is -0.507 e. The number of nitrogens with zero attached hydrogens (tertiary/aromatic N) is 1. The number of amides is 1. The Morgan fingerprint density at radius 3 is 2.37 bits per heavy atom. The van der Waals surface area contributed by atoms with Gasteiger partial charge in [0.25, 0.3) is 11.7 Å². The molecule has 7 heteroatoms. The Morgan fingerprint density at radius 2 is 1.73 bits per heavy atom. The summed E-state index contributed by atoms with van der Waals surface area (Å²) in [4.78, 5) is 27.0. The average Bonchev–Trinajstić information content (AvgIpc) is 3.02. The highest BCUT2D eigenvalue weighted by Gasteiger charge is 2.45. The molecule has 0 aliphatic carbocycles. The molecule has 7 nitrogen and oxygen atoms in total. The van der Waals surface area contributed by atoms with Crippen molar-refractivity contribution in [3.05, 3.63) is 71.3 Å². The van der Waals surface area contributed by atoms with Crippen molar-refractivity contribution in [3.63, 3.8) is 0 Å². The topological polar surface area (TPSA) is 96.3 Å². The summed E-state index contributed by atoms with van der Waals surface area (Å²) in [5, 5.41) is 19.8. The molecular weight excluding hydrogens is 386 g/mol. The van der Waals surface area contributed by atoms with E-state index in [2.05, 4.69) is 0 Å². The fraction of sp³-hybridized carbons (Fsp3) is 0.304. The number of likely N-dealkylation sites (tertiary alicyclic amines) is 1. The molecule has 1 aliphatic heterocycles. The van der Waals surface area contributed by atoms with Crippen molar-refractivity contribution in [2.45, 2.75) is 13.0 Å². The number of Topliss-reactive ketones (excluding diaryl/α,β-unsaturated/α-hetero) is 1. The van der Waals surface area contributed by atoms with E-state index in [1.807, 2.05) is 37.3 Å². The molecule has 0 saturated carbocycles. The number of aliphatic hydroxyl groups is 2. The second-order valence-electron chi connectivity index (χ2n) is 6.70. The molecule has 1 amide bonds. The Balaban J connectivity index is 2.00. The fourth-order valence-corrected chi connectivity index (χ4v) is 3.45. The molecule has 2 aromatic carbocycles. The van der Waals surface area contributed by atoms with Gasteiger partial charge in [0, 0.05) is 12.1 Å². The number of hydrogen-bond acceptors (Lipinski definition) is 6. The van der Waals surface area contributed by atoms with E-state index in [0.717, 1.165) is 0 Å². The molecule has 3 rings (SSSR count). The SMILES string of the molecule is CCOc1ccc(/C(O)=C2\C(=O)C(=O)N(CCOCCO)[C@H]2c2ccccc2)cc1. The predicted octanol–water partition coefficient (Wildman–Crippen LogP) is 2.52. The maximum Gasteiger partial charge on any atom is 0.295 e. The third-order valence-electron chi connectivity index (χ3n) is 4.81. The number of hydrogen-bond donors (Lipinski definition) is 2. The van der Waals surface area contributed by atoms with E-state index in [9.17, 15) is 14.7 Å². The first-order valence-electron chi connectivity index (χ1n) is 9.83. The summed E-state index contributed by atoms with van der Waals surface area (Å²) in [6, 6.07) is 15.1. The van der Waals surface area contributed by atoms with Crippen molar-refractivity contribution < 1.29 is 29.3 Å². The Morgan fingerprint density at radius 1 is 1.03 bits per heavy atom. The van der Waals surface area contributed by atoms with Gasteiger partial charge in [-0.15, -0.1) is 0 Å². The summed E-state index contributed by atoms with van der Waals surface area (Å²) in [7, 11) is 0. The summed E-state index contributed by atoms with van der Waals surface area (Å²) in [5.41, 5.74) is 1.18. The normalized spacial score (nSPS) is 18.1. The number of rotatable bonds is 9. The number of ether oxygens (including phenoxy) is 2. The maximum atomic E-state index is 12.9. The lowest BCUT2D eigenvalue weighted by Gasteiger charge is -2.25. The highest BCUT2D eigenvalue weighted by atomic mass is 16.5. The van der Waals surface area contributed by atoms with E-state index in [1.165, 1.54) is 4.90 Å². The van der Waals surface area contributed by atoms with Crippen LogP contribution in [0, 0.1) is 0 Å². The van der Waals surface area contributed by atoms with Crippen LogP contribution >= 0.6 is 0 Å². The lowest BCUT2D eigenvalue weighted by atomic mass is 9.95. The van der Waals surface area contributed by atoms with Gasteiger partial charge in [-0.25, -0.2) is 0 Å². The second-order valence-corrected chi connectivity index (χ2v) is 6.70. The van der Waals surface area contributed by atoms with Gasteiger partial charge >= 0.3 is 0 Å². The smallest absolute Gasteiger partial charge is 0.295 e. The highest BCUT2D eigenvalue weighted by Crippen LogP contribution is 2.39. The summed E-state index contributed by atoms with van der Waals surface area (Å²) in [5.74, 6) is -1.01. The third-order valence-corrected chi connectivity index (χ3v) is 4.81. The van der Waals surface area contributed by atoms with Gasteiger partial charge in [-0.1, -0.05) is 30.3 Å². The molecule has 2 N–H and O–H groups in total. The first-order valence-corrected chi connectivity index (χ1v) is 9.83. The van der Waals surface area contributed by atoms with Crippen molar-refractivity contribution in [1.29, 1.82) is 0 Å². The Labute approximate surface area is 175 Å². The van der Waals surface area contributed by atoms with Gasteiger partial charge in [-0.05, 0) is 36.8 Å². The second kappa shape index (κ2) is 10.0. The zero-order valence-corrected chi connectivity index (χ0v) is 16.8. The monoisotopic (exact) mass is 411 g/mol. The number of aliphatic hydroxyl groups excluding tert-OH is 2. The maximum absolute atomic E-state index is 12.9. The standard InChI is InChI=1S/C23H25NO6/c1-2-30-18-10-8-17(9-11-18)21(26)19-20(16-6-4-3-5-7-16)24(23(28)22(19)27)12-14-29-15-13-25/h3-11,20,25-26H,2,12-15H2,1H3/b21-19+/t20-/m0/s1. The lowest BCUT2D eigenvalue weighted by molar-refractivity contribution is -0.140. The van der Waals surface area contributed by atoms with Gasteiger partial charge < -0.3 is 24.6 Å². The van der Waals surface area contributed by atoms with Gasteiger partial charge in [0.1, 0.15) is 11.5 Å². The number of ketones is 1. The van der Waals surface area contributed by atoms with Crippen LogP contribution < -0.4 is 4.74 Å². The van der Waals surface area contributed by atoms with Crippen molar-refractivity contribution in [2.24, 2.45) is 0 Å². The minimum atomic E-state index is -0.739. The van der Waals surface area contributed by atoms with Crippen molar-refractivity contribution in [1.82, 2.24) is 4.90 Å². The molecule has 0 bridgehead atoms. The van der Waals surface area contributed by atoms with Crippen LogP contribution in [0.25, 0.3) is 5.76 Å². The molecule has 30 heavy (non-hydrogen) atoms. The Bertz CT molecular complexity index is 907. The largest absolute Gasteiger partial charge is 0.507 e. The van der Waals surface area contributed by atoms with Crippen molar-refractivity contribution >= 4 is 17.4 Å². The molecular formula is C23H25NO6. The molecule has 1 heterocycles. The third kappa shape index (κ3) is 4.53. The van der Waals surface area contributed by atoms with Crippen molar-refractivity contribution in [3.8, 4) is 5.75 Å². The van der Waals surface area contributed by atoms with Gasteiger partial charge in [0.15, 0.2) is 0 Å². The van der Waals surface area contributed by atoms with E-state index >= 15 is 0 Å². The van der Waals surface area contributed by atoms with Crippen LogP contribution in [-0.4, -0.2) is 59.8 Å². The number of carbonyl (C=O) groups is 2.